The fourth-order valence-corrected chi connectivity index (χ4v) is 13.0. The minimum Gasteiger partial charge on any atom is -0.497 e. The number of piperazine rings is 1. The molecule has 1 saturated carbocycles. The van der Waals surface area contributed by atoms with Gasteiger partial charge in [0.2, 0.25) is 0 Å². The lowest BCUT2D eigenvalue weighted by atomic mass is 9.59. The molecule has 0 bridgehead atoms. The first-order chi connectivity index (χ1) is 35.6. The summed E-state index contributed by atoms with van der Waals surface area (Å²) in [4.78, 5) is 49.7. The van der Waals surface area contributed by atoms with Crippen molar-refractivity contribution in [1.82, 2.24) is 39.4 Å². The fourth-order valence-electron chi connectivity index (χ4n) is 11.8. The molecule has 3 saturated heterocycles. The molecule has 4 N–H and O–H groups in total. The van der Waals surface area contributed by atoms with Gasteiger partial charge in [-0.1, -0.05) is 38.1 Å². The lowest BCUT2D eigenvalue weighted by Gasteiger charge is -2.63. The number of aromatic nitrogens is 4. The maximum Gasteiger partial charge on any atom is 0.296 e. The van der Waals surface area contributed by atoms with E-state index in [9.17, 15) is 23.3 Å². The molecule has 1 spiro atoms. The van der Waals surface area contributed by atoms with E-state index in [4.69, 9.17) is 9.47 Å². The summed E-state index contributed by atoms with van der Waals surface area (Å²) in [5, 5.41) is 16.3. The Kier molecular flexibility index (Phi) is 12.9. The first-order valence-corrected chi connectivity index (χ1v) is 27.0. The van der Waals surface area contributed by atoms with E-state index in [0.717, 1.165) is 62.7 Å². The zero-order chi connectivity index (χ0) is 51.5. The Balaban J connectivity index is 0.823. The second-order valence-corrected chi connectivity index (χ2v) is 22.9. The maximum absolute atomic E-state index is 16.1. The van der Waals surface area contributed by atoms with Crippen molar-refractivity contribution in [2.24, 2.45) is 5.41 Å². The molecule has 388 valence electrons. The van der Waals surface area contributed by atoms with Gasteiger partial charge in [-0.2, -0.15) is 0 Å². The van der Waals surface area contributed by atoms with Gasteiger partial charge in [-0.3, -0.25) is 19.8 Å². The number of aromatic amines is 2. The van der Waals surface area contributed by atoms with Crippen LogP contribution >= 0.6 is 0 Å². The van der Waals surface area contributed by atoms with Crippen LogP contribution in [0.3, 0.4) is 0 Å². The SMILES string of the molecule is CC(C)c1ccccc1C1CN(C2=CCOC=C2)CCN1C1CC2(C1)CN(c1ccc(C(=O)NS(=O)(=O)c3cc([N+](=O)[O-])c(NCC4(F)CCN(C(C)C)CC4)c4[nH]cnc34)c(Oc3cnc4[nH]ccc4c3)c1)C2. The van der Waals surface area contributed by atoms with Crippen LogP contribution in [0, 0.1) is 15.5 Å². The molecule has 5 aliphatic rings. The third-order valence-electron chi connectivity index (χ3n) is 15.9. The number of pyridine rings is 1. The number of ether oxygens (including phenoxy) is 2. The van der Waals surface area contributed by atoms with E-state index in [-0.39, 0.29) is 64.9 Å². The van der Waals surface area contributed by atoms with Crippen LogP contribution in [0.25, 0.3) is 22.1 Å². The van der Waals surface area contributed by atoms with Crippen LogP contribution in [-0.2, 0) is 14.8 Å². The molecule has 3 aromatic heterocycles. The fraction of sp³-hybridized carbons (Fsp3) is 0.426. The number of fused-ring (bicyclic) bond motifs is 2. The molecule has 0 radical (unpaired) electrons. The quantitative estimate of drug-likeness (QED) is 0.0561. The number of carbonyl (C=O) groups is 1. The van der Waals surface area contributed by atoms with Gasteiger partial charge in [-0.05, 0) is 93.0 Å². The average molecular weight is 1030 g/mol. The van der Waals surface area contributed by atoms with Crippen molar-refractivity contribution < 1.29 is 32.0 Å². The van der Waals surface area contributed by atoms with Gasteiger partial charge in [0, 0.05) is 105 Å². The summed E-state index contributed by atoms with van der Waals surface area (Å²) >= 11 is 0. The van der Waals surface area contributed by atoms with Crippen molar-refractivity contribution in [3.8, 4) is 11.5 Å². The number of benzene rings is 3. The van der Waals surface area contributed by atoms with Crippen molar-refractivity contribution in [2.75, 3.05) is 69.2 Å². The molecule has 1 atom stereocenters. The number of piperidine rings is 1. The van der Waals surface area contributed by atoms with Gasteiger partial charge in [0.15, 0.2) is 0 Å². The van der Waals surface area contributed by atoms with E-state index in [1.807, 2.05) is 19.9 Å². The molecule has 11 rings (SSSR count). The Morgan fingerprint density at radius 1 is 1.00 bits per heavy atom. The number of hydrogen-bond donors (Lipinski definition) is 4. The van der Waals surface area contributed by atoms with Crippen molar-refractivity contribution >= 4 is 55.1 Å². The smallest absolute Gasteiger partial charge is 0.296 e. The molecular formula is C54H62FN11O7S. The Hall–Kier alpha value is -7.03. The molecule has 1 aliphatic carbocycles. The van der Waals surface area contributed by atoms with Crippen molar-refractivity contribution in [1.29, 1.82) is 0 Å². The molecule has 18 nitrogen and oxygen atoms in total. The number of nitro groups is 1. The Bertz CT molecular complexity index is 3300. The molecule has 3 aromatic carbocycles. The third-order valence-corrected chi connectivity index (χ3v) is 17.2. The van der Waals surface area contributed by atoms with Gasteiger partial charge in [0.25, 0.3) is 21.6 Å². The highest BCUT2D eigenvalue weighted by Gasteiger charge is 2.55. The second kappa shape index (κ2) is 19.3. The monoisotopic (exact) mass is 1030 g/mol. The number of halogens is 1. The number of anilines is 2. The lowest BCUT2D eigenvalue weighted by molar-refractivity contribution is -0.384. The molecular weight excluding hydrogens is 966 g/mol. The first-order valence-electron chi connectivity index (χ1n) is 25.5. The predicted molar refractivity (Wildman–Crippen MR) is 281 cm³/mol. The van der Waals surface area contributed by atoms with Crippen LogP contribution in [0.1, 0.15) is 86.8 Å². The van der Waals surface area contributed by atoms with Crippen molar-refractivity contribution in [3.63, 3.8) is 0 Å². The van der Waals surface area contributed by atoms with E-state index in [1.165, 1.54) is 35.4 Å². The predicted octanol–water partition coefficient (Wildman–Crippen LogP) is 8.76. The molecule has 1 amide bonds. The minimum atomic E-state index is -4.83. The molecule has 6 aromatic rings. The topological polar surface area (TPSA) is 207 Å². The number of likely N-dealkylation sites (tertiary alicyclic amines) is 1. The number of amides is 1. The van der Waals surface area contributed by atoms with Gasteiger partial charge in [-0.25, -0.2) is 27.5 Å². The summed E-state index contributed by atoms with van der Waals surface area (Å²) in [6.07, 6.45) is 13.0. The number of nitro benzene ring substituents is 1. The number of nitrogens with zero attached hydrogens (tertiary/aromatic N) is 7. The number of sulfonamides is 1. The summed E-state index contributed by atoms with van der Waals surface area (Å²) in [7, 11) is -4.83. The number of hydrogen-bond acceptors (Lipinski definition) is 14. The minimum absolute atomic E-state index is 0.0127. The van der Waals surface area contributed by atoms with Crippen LogP contribution in [0.2, 0.25) is 0 Å². The number of allylic oxidation sites excluding steroid dienone is 1. The van der Waals surface area contributed by atoms with Gasteiger partial charge in [-0.15, -0.1) is 0 Å². The number of carbonyl (C=O) groups excluding carboxylic acids is 1. The van der Waals surface area contributed by atoms with E-state index in [2.05, 4.69) is 99.8 Å². The summed E-state index contributed by atoms with van der Waals surface area (Å²) in [5.41, 5.74) is 2.90. The van der Waals surface area contributed by atoms with E-state index >= 15 is 4.39 Å². The zero-order valence-electron chi connectivity index (χ0n) is 42.0. The van der Waals surface area contributed by atoms with Crippen molar-refractivity contribution in [3.05, 3.63) is 130 Å². The molecule has 20 heteroatoms. The van der Waals surface area contributed by atoms with Crippen LogP contribution in [0.15, 0.2) is 108 Å². The highest BCUT2D eigenvalue weighted by atomic mass is 32.2. The third kappa shape index (κ3) is 9.42. The molecule has 7 heterocycles. The summed E-state index contributed by atoms with van der Waals surface area (Å²) in [6.45, 7) is 14.4. The van der Waals surface area contributed by atoms with Gasteiger partial charge < -0.3 is 39.5 Å². The summed E-state index contributed by atoms with van der Waals surface area (Å²) < 4.78 is 58.7. The molecule has 4 fully saturated rings. The normalized spacial score (nSPS) is 20.1. The average Bonchev–Trinajstić information content (AvgIpc) is 4.06. The van der Waals surface area contributed by atoms with Crippen LogP contribution in [0.4, 0.5) is 21.5 Å². The van der Waals surface area contributed by atoms with Gasteiger partial charge in [0.1, 0.15) is 45.5 Å². The number of rotatable bonds is 15. The molecule has 1 unspecified atom stereocenters. The summed E-state index contributed by atoms with van der Waals surface area (Å²) in [5.74, 6) is -0.223. The second-order valence-electron chi connectivity index (χ2n) is 21.3. The largest absolute Gasteiger partial charge is 0.497 e. The van der Waals surface area contributed by atoms with Gasteiger partial charge in [0.05, 0.1) is 40.8 Å². The van der Waals surface area contributed by atoms with E-state index in [1.54, 1.807) is 30.7 Å². The van der Waals surface area contributed by atoms with E-state index < -0.39 is 37.1 Å². The first kappa shape index (κ1) is 49.2. The maximum atomic E-state index is 16.1. The zero-order valence-corrected chi connectivity index (χ0v) is 42.8. The number of H-pyrrole nitrogens is 2. The highest BCUT2D eigenvalue weighted by molar-refractivity contribution is 7.90. The Morgan fingerprint density at radius 2 is 1.80 bits per heavy atom. The number of imidazole rings is 1. The van der Waals surface area contributed by atoms with Crippen LogP contribution in [-0.4, -0.2) is 131 Å². The number of nitrogens with one attached hydrogen (secondary N) is 4. The molecule has 4 aliphatic heterocycles. The van der Waals surface area contributed by atoms with Crippen LogP contribution < -0.4 is 19.7 Å². The van der Waals surface area contributed by atoms with Crippen molar-refractivity contribution in [2.45, 2.75) is 88.0 Å². The Labute approximate surface area is 429 Å². The summed E-state index contributed by atoms with van der Waals surface area (Å²) in [6, 6.07) is 19.3. The van der Waals surface area contributed by atoms with Gasteiger partial charge >= 0.3 is 0 Å². The number of alkyl halides is 1. The van der Waals surface area contributed by atoms with Crippen LogP contribution in [0.5, 0.6) is 11.5 Å². The standard InChI is InChI=1S/C54H62FN11O7S/c1-34(2)41-7-5-6-8-42(41)45-29-63(37-12-21-72-22-13-37)19-20-65(45)39-26-53(27-39)31-64(32-53)38-9-10-43(46(24-38)73-40-23-36-11-16-56-51(36)57-28-40)52(67)61-74(70,71)47-25-44(66(68)69)48(50-49(47)59-33-60-50)58-30-54(55)14-17-62(18-15-54)35(3)4/h5-13,16,21,23-25,28,33-35,39,45,58H,14-15,17-20,22,26-27,29-32H2,1-4H3,(H,56,57)(H,59,60)(H,61,67). The Morgan fingerprint density at radius 3 is 2.54 bits per heavy atom. The lowest BCUT2D eigenvalue weighted by Crippen LogP contribution is -2.68. The highest BCUT2D eigenvalue weighted by Crippen LogP contribution is 2.54. The van der Waals surface area contributed by atoms with E-state index in [0.29, 0.717) is 43.1 Å². The molecule has 74 heavy (non-hydrogen) atoms.